The van der Waals surface area contributed by atoms with Gasteiger partial charge in [0.2, 0.25) is 0 Å². The van der Waals surface area contributed by atoms with Crippen molar-refractivity contribution < 1.29 is 14.7 Å². The predicted molar refractivity (Wildman–Crippen MR) is 74.3 cm³/mol. The highest BCUT2D eigenvalue weighted by molar-refractivity contribution is 7.99. The van der Waals surface area contributed by atoms with Crippen LogP contribution < -0.4 is 5.73 Å². The van der Waals surface area contributed by atoms with Gasteiger partial charge < -0.3 is 20.6 Å². The summed E-state index contributed by atoms with van der Waals surface area (Å²) in [5.74, 6) is 0.736. The van der Waals surface area contributed by atoms with Crippen LogP contribution in [0.3, 0.4) is 0 Å². The molecule has 2 rings (SSSR count). The number of nitrogens with zero attached hydrogens (tertiary/aromatic N) is 2. The van der Waals surface area contributed by atoms with Gasteiger partial charge in [-0.25, -0.2) is 4.79 Å². The molecule has 0 saturated carbocycles. The van der Waals surface area contributed by atoms with Gasteiger partial charge in [-0.2, -0.15) is 11.8 Å². The Kier molecular flexibility index (Phi) is 4.93. The molecule has 108 valence electrons. The van der Waals surface area contributed by atoms with E-state index in [4.69, 9.17) is 10.8 Å². The number of urea groups is 1. The average molecular weight is 287 g/mol. The van der Waals surface area contributed by atoms with E-state index in [-0.39, 0.29) is 24.5 Å². The minimum atomic E-state index is -0.847. The Labute approximate surface area is 117 Å². The number of likely N-dealkylation sites (tertiary alicyclic amines) is 1. The number of carboxylic acid groups (broad SMARTS) is 1. The molecule has 2 fully saturated rings. The third kappa shape index (κ3) is 3.76. The van der Waals surface area contributed by atoms with E-state index >= 15 is 0 Å². The molecule has 2 unspecified atom stereocenters. The molecule has 0 aromatic rings. The van der Waals surface area contributed by atoms with E-state index in [0.717, 1.165) is 25.1 Å². The zero-order valence-electron chi connectivity index (χ0n) is 11.0. The van der Waals surface area contributed by atoms with Gasteiger partial charge in [0.05, 0.1) is 12.5 Å². The molecule has 2 atom stereocenters. The summed E-state index contributed by atoms with van der Waals surface area (Å²) in [5, 5.41) is 8.94. The molecule has 2 saturated heterocycles. The zero-order chi connectivity index (χ0) is 13.8. The molecule has 3 N–H and O–H groups in total. The molecule has 0 bridgehead atoms. The summed E-state index contributed by atoms with van der Waals surface area (Å²) >= 11 is 1.71. The molecule has 6 nitrogen and oxygen atoms in total. The third-order valence-electron chi connectivity index (χ3n) is 3.61. The number of piperidine rings is 1. The first-order chi connectivity index (χ1) is 9.08. The molecule has 0 aromatic carbocycles. The second-order valence-corrected chi connectivity index (χ2v) is 6.30. The number of rotatable bonds is 2. The maximum Gasteiger partial charge on any atom is 0.320 e. The lowest BCUT2D eigenvalue weighted by atomic mass is 10.1. The highest BCUT2D eigenvalue weighted by Gasteiger charge is 2.33. The quantitative estimate of drug-likeness (QED) is 0.768. The Morgan fingerprint density at radius 2 is 2.16 bits per heavy atom. The van der Waals surface area contributed by atoms with Crippen LogP contribution in [0, 0.1) is 0 Å². The molecule has 2 aliphatic rings. The van der Waals surface area contributed by atoms with Gasteiger partial charge in [0.25, 0.3) is 0 Å². The summed E-state index contributed by atoms with van der Waals surface area (Å²) < 4.78 is 0. The van der Waals surface area contributed by atoms with Crippen LogP contribution >= 0.6 is 11.8 Å². The summed E-state index contributed by atoms with van der Waals surface area (Å²) in [6, 6.07) is -0.182. The number of nitrogens with two attached hydrogens (primary N) is 1. The normalized spacial score (nSPS) is 28.3. The van der Waals surface area contributed by atoms with E-state index in [1.807, 2.05) is 0 Å². The van der Waals surface area contributed by atoms with Gasteiger partial charge in [-0.3, -0.25) is 4.79 Å². The Balaban J connectivity index is 2.00. The second kappa shape index (κ2) is 6.47. The van der Waals surface area contributed by atoms with Crippen LogP contribution in [0.1, 0.15) is 19.3 Å². The fourth-order valence-corrected chi connectivity index (χ4v) is 3.71. The SMILES string of the molecule is NC1CCCN(C(=O)N2CCSCC2CC(=O)O)C1. The molecular weight excluding hydrogens is 266 g/mol. The van der Waals surface area contributed by atoms with Gasteiger partial charge in [-0.05, 0) is 12.8 Å². The number of thioether (sulfide) groups is 1. The summed E-state index contributed by atoms with van der Waals surface area (Å²) in [7, 11) is 0. The van der Waals surface area contributed by atoms with Crippen LogP contribution in [-0.4, -0.2) is 70.1 Å². The third-order valence-corrected chi connectivity index (χ3v) is 4.70. The van der Waals surface area contributed by atoms with E-state index in [9.17, 15) is 9.59 Å². The number of amides is 2. The summed E-state index contributed by atoms with van der Waals surface area (Å²) in [4.78, 5) is 26.9. The maximum absolute atomic E-state index is 12.5. The van der Waals surface area contributed by atoms with Crippen LogP contribution in [0.2, 0.25) is 0 Å². The largest absolute Gasteiger partial charge is 0.481 e. The average Bonchev–Trinajstić information content (AvgIpc) is 2.38. The van der Waals surface area contributed by atoms with Crippen molar-refractivity contribution in [3.05, 3.63) is 0 Å². The van der Waals surface area contributed by atoms with Crippen LogP contribution in [0.5, 0.6) is 0 Å². The summed E-state index contributed by atoms with van der Waals surface area (Å²) in [6.07, 6.45) is 1.91. The Hall–Kier alpha value is -0.950. The summed E-state index contributed by atoms with van der Waals surface area (Å²) in [6.45, 7) is 1.95. The Morgan fingerprint density at radius 3 is 2.84 bits per heavy atom. The lowest BCUT2D eigenvalue weighted by Crippen LogP contribution is -2.56. The Morgan fingerprint density at radius 1 is 1.37 bits per heavy atom. The molecule has 0 aromatic heterocycles. The lowest BCUT2D eigenvalue weighted by Gasteiger charge is -2.40. The number of carboxylic acids is 1. The maximum atomic E-state index is 12.5. The number of carbonyl (C=O) groups excluding carboxylic acids is 1. The molecule has 2 amide bonds. The number of carbonyl (C=O) groups is 2. The molecule has 0 aliphatic carbocycles. The van der Waals surface area contributed by atoms with Crippen molar-refractivity contribution in [2.45, 2.75) is 31.3 Å². The van der Waals surface area contributed by atoms with E-state index in [1.165, 1.54) is 0 Å². The van der Waals surface area contributed by atoms with Gasteiger partial charge in [-0.1, -0.05) is 0 Å². The summed E-state index contributed by atoms with van der Waals surface area (Å²) in [5.41, 5.74) is 5.90. The van der Waals surface area contributed by atoms with Crippen molar-refractivity contribution in [2.24, 2.45) is 5.73 Å². The van der Waals surface area contributed by atoms with Crippen molar-refractivity contribution >= 4 is 23.8 Å². The minimum absolute atomic E-state index is 0.0264. The Bertz CT molecular complexity index is 353. The van der Waals surface area contributed by atoms with Crippen molar-refractivity contribution in [3.8, 4) is 0 Å². The molecule has 2 heterocycles. The fourth-order valence-electron chi connectivity index (χ4n) is 2.64. The zero-order valence-corrected chi connectivity index (χ0v) is 11.8. The monoisotopic (exact) mass is 287 g/mol. The molecule has 0 spiro atoms. The van der Waals surface area contributed by atoms with Gasteiger partial charge in [0.15, 0.2) is 0 Å². The van der Waals surface area contributed by atoms with Crippen molar-refractivity contribution in [3.63, 3.8) is 0 Å². The molecule has 2 aliphatic heterocycles. The minimum Gasteiger partial charge on any atom is -0.481 e. The molecule has 19 heavy (non-hydrogen) atoms. The highest BCUT2D eigenvalue weighted by Crippen LogP contribution is 2.21. The molecular formula is C12H21N3O3S. The first kappa shape index (κ1) is 14.5. The van der Waals surface area contributed by atoms with Gasteiger partial charge in [0.1, 0.15) is 0 Å². The van der Waals surface area contributed by atoms with Crippen molar-refractivity contribution in [2.75, 3.05) is 31.1 Å². The highest BCUT2D eigenvalue weighted by atomic mass is 32.2. The van der Waals surface area contributed by atoms with Crippen LogP contribution in [-0.2, 0) is 4.79 Å². The predicted octanol–water partition coefficient (Wildman–Crippen LogP) is 0.422. The number of hydrogen-bond donors (Lipinski definition) is 2. The number of hydrogen-bond acceptors (Lipinski definition) is 4. The second-order valence-electron chi connectivity index (χ2n) is 5.15. The molecule has 7 heteroatoms. The smallest absolute Gasteiger partial charge is 0.320 e. The lowest BCUT2D eigenvalue weighted by molar-refractivity contribution is -0.138. The van der Waals surface area contributed by atoms with Crippen LogP contribution in [0.15, 0.2) is 0 Å². The van der Waals surface area contributed by atoms with Gasteiger partial charge >= 0.3 is 12.0 Å². The van der Waals surface area contributed by atoms with Crippen molar-refractivity contribution in [1.82, 2.24) is 9.80 Å². The first-order valence-electron chi connectivity index (χ1n) is 6.68. The fraction of sp³-hybridized carbons (Fsp3) is 0.833. The van der Waals surface area contributed by atoms with E-state index in [2.05, 4.69) is 0 Å². The van der Waals surface area contributed by atoms with E-state index in [0.29, 0.717) is 18.8 Å². The standard InChI is InChI=1S/C12H21N3O3S/c13-9-2-1-3-14(7-9)12(18)15-4-5-19-8-10(15)6-11(16)17/h9-10H,1-8,13H2,(H,16,17). The van der Waals surface area contributed by atoms with Gasteiger partial charge in [-0.15, -0.1) is 0 Å². The van der Waals surface area contributed by atoms with Gasteiger partial charge in [0, 0.05) is 37.2 Å². The number of aliphatic carboxylic acids is 1. The van der Waals surface area contributed by atoms with Crippen LogP contribution in [0.25, 0.3) is 0 Å². The van der Waals surface area contributed by atoms with Crippen molar-refractivity contribution in [1.29, 1.82) is 0 Å². The first-order valence-corrected chi connectivity index (χ1v) is 7.84. The topological polar surface area (TPSA) is 86.9 Å². The molecule has 0 radical (unpaired) electrons. The van der Waals surface area contributed by atoms with E-state index < -0.39 is 5.97 Å². The van der Waals surface area contributed by atoms with E-state index in [1.54, 1.807) is 21.6 Å². The van der Waals surface area contributed by atoms with Crippen LogP contribution in [0.4, 0.5) is 4.79 Å².